The van der Waals surface area contributed by atoms with Gasteiger partial charge in [0.05, 0.1) is 4.90 Å². The second-order valence-electron chi connectivity index (χ2n) is 5.51. The van der Waals surface area contributed by atoms with Crippen LogP contribution in [-0.4, -0.2) is 30.7 Å². The summed E-state index contributed by atoms with van der Waals surface area (Å²) in [5.74, 6) is -0.265. The van der Waals surface area contributed by atoms with Crippen LogP contribution in [0.1, 0.15) is 29.3 Å². The molecule has 2 N–H and O–H groups in total. The number of ketones is 1. The number of benzene rings is 1. The van der Waals surface area contributed by atoms with E-state index < -0.39 is 10.0 Å². The Morgan fingerprint density at radius 3 is 2.88 bits per heavy atom. The molecule has 0 radical (unpaired) electrons. The third-order valence-corrected chi connectivity index (χ3v) is 5.58. The lowest BCUT2D eigenvalue weighted by molar-refractivity contribution is 0.104. The number of aromatic nitrogens is 2. The highest BCUT2D eigenvalue weighted by Crippen LogP contribution is 2.23. The van der Waals surface area contributed by atoms with Crippen molar-refractivity contribution in [1.29, 1.82) is 0 Å². The van der Waals surface area contributed by atoms with Gasteiger partial charge in [-0.25, -0.2) is 18.1 Å². The van der Waals surface area contributed by atoms with E-state index in [9.17, 15) is 13.2 Å². The van der Waals surface area contributed by atoms with Gasteiger partial charge in [-0.3, -0.25) is 4.79 Å². The lowest BCUT2D eigenvalue weighted by Crippen LogP contribution is -2.24. The Labute approximate surface area is 153 Å². The van der Waals surface area contributed by atoms with Crippen molar-refractivity contribution in [2.75, 3.05) is 6.54 Å². The number of carbonyl (C=O) groups is 1. The average molecular weight is 422 g/mol. The van der Waals surface area contributed by atoms with Crippen LogP contribution in [0.25, 0.3) is 11.0 Å². The number of hydrogen-bond acceptors (Lipinski definition) is 4. The van der Waals surface area contributed by atoms with Crippen molar-refractivity contribution in [2.45, 2.75) is 18.2 Å². The lowest BCUT2D eigenvalue weighted by Gasteiger charge is -2.07. The van der Waals surface area contributed by atoms with Gasteiger partial charge >= 0.3 is 0 Å². The van der Waals surface area contributed by atoms with Crippen molar-refractivity contribution >= 4 is 42.8 Å². The molecule has 0 bridgehead atoms. The van der Waals surface area contributed by atoms with E-state index in [4.69, 9.17) is 0 Å². The molecular formula is C17H16BrN3O3S. The fraction of sp³-hybridized carbons (Fsp3) is 0.176. The van der Waals surface area contributed by atoms with E-state index in [1.165, 1.54) is 12.1 Å². The topological polar surface area (TPSA) is 91.9 Å². The highest BCUT2D eigenvalue weighted by molar-refractivity contribution is 9.10. The van der Waals surface area contributed by atoms with Gasteiger partial charge < -0.3 is 4.98 Å². The molecule has 3 aromatic rings. The molecule has 0 atom stereocenters. The predicted octanol–water partition coefficient (Wildman–Crippen LogP) is 3.24. The summed E-state index contributed by atoms with van der Waals surface area (Å²) in [5, 5.41) is 0.678. The number of rotatable bonds is 6. The molecule has 130 valence electrons. The molecule has 0 amide bonds. The molecule has 0 unspecified atom stereocenters. The number of fused-ring (bicyclic) bond motifs is 1. The van der Waals surface area contributed by atoms with Crippen LogP contribution in [0.4, 0.5) is 0 Å². The minimum absolute atomic E-state index is 0.0750. The summed E-state index contributed by atoms with van der Waals surface area (Å²) in [4.78, 5) is 20.1. The highest BCUT2D eigenvalue weighted by Gasteiger charge is 2.19. The normalized spacial score (nSPS) is 11.8. The van der Waals surface area contributed by atoms with Crippen LogP contribution in [-0.2, 0) is 10.0 Å². The minimum Gasteiger partial charge on any atom is -0.345 e. The first-order valence-electron chi connectivity index (χ1n) is 7.69. The summed E-state index contributed by atoms with van der Waals surface area (Å²) < 4.78 is 27.8. The standard InChI is InChI=1S/C17H16BrN3O3S/c1-2-6-21-25(23,24)13-5-3-4-11(7-13)16(22)15-10-20-17-14(15)8-12(18)9-19-17/h3-5,7-10,21H,2,6H2,1H3,(H,19,20). The first-order chi connectivity index (χ1) is 11.9. The molecule has 0 saturated carbocycles. The first kappa shape index (κ1) is 17.8. The summed E-state index contributed by atoms with van der Waals surface area (Å²) in [6.07, 6.45) is 3.91. The summed E-state index contributed by atoms with van der Waals surface area (Å²) in [5.41, 5.74) is 1.35. The number of H-pyrrole nitrogens is 1. The van der Waals surface area contributed by atoms with Gasteiger partial charge in [0.1, 0.15) is 5.65 Å². The molecule has 0 aliphatic rings. The summed E-state index contributed by atoms with van der Waals surface area (Å²) in [6.45, 7) is 2.23. The molecule has 0 fully saturated rings. The fourth-order valence-electron chi connectivity index (χ4n) is 2.45. The van der Waals surface area contributed by atoms with Gasteiger partial charge in [0.2, 0.25) is 10.0 Å². The Morgan fingerprint density at radius 2 is 2.12 bits per heavy atom. The molecule has 6 nitrogen and oxygen atoms in total. The molecule has 0 aliphatic carbocycles. The maximum absolute atomic E-state index is 12.8. The number of pyridine rings is 1. The van der Waals surface area contributed by atoms with E-state index in [0.717, 1.165) is 4.47 Å². The monoisotopic (exact) mass is 421 g/mol. The molecule has 8 heteroatoms. The van der Waals surface area contributed by atoms with Crippen LogP contribution in [0, 0.1) is 0 Å². The second-order valence-corrected chi connectivity index (χ2v) is 8.19. The lowest BCUT2D eigenvalue weighted by atomic mass is 10.0. The molecule has 0 saturated heterocycles. The second kappa shape index (κ2) is 7.07. The number of nitrogens with one attached hydrogen (secondary N) is 2. The Balaban J connectivity index is 2.00. The molecule has 2 heterocycles. The molecule has 0 spiro atoms. The van der Waals surface area contributed by atoms with Crippen molar-refractivity contribution in [3.05, 3.63) is 58.3 Å². The van der Waals surface area contributed by atoms with Gasteiger partial charge in [0, 0.05) is 39.9 Å². The van der Waals surface area contributed by atoms with Crippen molar-refractivity contribution in [2.24, 2.45) is 0 Å². The molecule has 0 aliphatic heterocycles. The predicted molar refractivity (Wildman–Crippen MR) is 99.1 cm³/mol. The Kier molecular flexibility index (Phi) is 5.03. The van der Waals surface area contributed by atoms with E-state index in [1.807, 2.05) is 6.92 Å². The van der Waals surface area contributed by atoms with E-state index >= 15 is 0 Å². The van der Waals surface area contributed by atoms with E-state index in [-0.39, 0.29) is 10.7 Å². The van der Waals surface area contributed by atoms with Crippen LogP contribution in [0.3, 0.4) is 0 Å². The zero-order chi connectivity index (χ0) is 18.0. The smallest absolute Gasteiger partial charge is 0.240 e. The van der Waals surface area contributed by atoms with Crippen molar-refractivity contribution in [3.8, 4) is 0 Å². The first-order valence-corrected chi connectivity index (χ1v) is 9.97. The molecular weight excluding hydrogens is 406 g/mol. The number of hydrogen-bond donors (Lipinski definition) is 2. The average Bonchev–Trinajstić information content (AvgIpc) is 3.02. The number of sulfonamides is 1. The third-order valence-electron chi connectivity index (χ3n) is 3.69. The zero-order valence-corrected chi connectivity index (χ0v) is 15.8. The van der Waals surface area contributed by atoms with Crippen LogP contribution in [0.5, 0.6) is 0 Å². The van der Waals surface area contributed by atoms with Gasteiger partial charge in [-0.2, -0.15) is 0 Å². The van der Waals surface area contributed by atoms with E-state index in [0.29, 0.717) is 35.1 Å². The number of halogens is 1. The largest absolute Gasteiger partial charge is 0.345 e. The Bertz CT molecular complexity index is 1040. The summed E-state index contributed by atoms with van der Waals surface area (Å²) in [6, 6.07) is 7.84. The van der Waals surface area contributed by atoms with Gasteiger partial charge in [0.15, 0.2) is 5.78 Å². The van der Waals surface area contributed by atoms with Crippen LogP contribution >= 0.6 is 15.9 Å². The van der Waals surface area contributed by atoms with Gasteiger partial charge in [-0.05, 0) is 40.5 Å². The van der Waals surface area contributed by atoms with E-state index in [1.54, 1.807) is 30.6 Å². The third kappa shape index (κ3) is 3.65. The summed E-state index contributed by atoms with van der Waals surface area (Å²) in [7, 11) is -3.63. The zero-order valence-electron chi connectivity index (χ0n) is 13.4. The Hall–Kier alpha value is -2.03. The molecule has 2 aromatic heterocycles. The maximum Gasteiger partial charge on any atom is 0.240 e. The van der Waals surface area contributed by atoms with Crippen molar-refractivity contribution < 1.29 is 13.2 Å². The van der Waals surface area contributed by atoms with Crippen LogP contribution in [0.15, 0.2) is 52.1 Å². The quantitative estimate of drug-likeness (QED) is 0.597. The molecule has 3 rings (SSSR count). The number of nitrogens with zero attached hydrogens (tertiary/aromatic N) is 1. The van der Waals surface area contributed by atoms with Crippen molar-refractivity contribution in [3.63, 3.8) is 0 Å². The van der Waals surface area contributed by atoms with Crippen LogP contribution < -0.4 is 4.72 Å². The molecule has 1 aromatic carbocycles. The summed E-state index contributed by atoms with van der Waals surface area (Å²) >= 11 is 3.34. The van der Waals surface area contributed by atoms with Crippen molar-refractivity contribution in [1.82, 2.24) is 14.7 Å². The van der Waals surface area contributed by atoms with Crippen LogP contribution in [0.2, 0.25) is 0 Å². The van der Waals surface area contributed by atoms with Gasteiger partial charge in [0.25, 0.3) is 0 Å². The highest BCUT2D eigenvalue weighted by atomic mass is 79.9. The fourth-order valence-corrected chi connectivity index (χ4v) is 3.96. The Morgan fingerprint density at radius 1 is 1.32 bits per heavy atom. The van der Waals surface area contributed by atoms with Gasteiger partial charge in [-0.1, -0.05) is 19.1 Å². The maximum atomic E-state index is 12.8. The molecule has 25 heavy (non-hydrogen) atoms. The number of carbonyl (C=O) groups excluding carboxylic acids is 1. The van der Waals surface area contributed by atoms with Gasteiger partial charge in [-0.15, -0.1) is 0 Å². The number of aromatic amines is 1. The van der Waals surface area contributed by atoms with E-state index in [2.05, 4.69) is 30.6 Å². The minimum atomic E-state index is -3.63. The SMILES string of the molecule is CCCNS(=O)(=O)c1cccc(C(=O)c2c[nH]c3ncc(Br)cc23)c1.